The third-order valence-electron chi connectivity index (χ3n) is 3.99. The van der Waals surface area contributed by atoms with Gasteiger partial charge in [-0.05, 0) is 50.2 Å². The second kappa shape index (κ2) is 12.1. The van der Waals surface area contributed by atoms with Crippen molar-refractivity contribution in [3.63, 3.8) is 0 Å². The molecule has 0 radical (unpaired) electrons. The zero-order valence-electron chi connectivity index (χ0n) is 16.0. The zero-order valence-corrected chi connectivity index (χ0v) is 23.0. The molecular formula is C20H14Cl6N2O2Zr. The molecule has 4 nitrogen and oxygen atoms in total. The van der Waals surface area contributed by atoms with Crippen molar-refractivity contribution in [2.75, 3.05) is 0 Å². The van der Waals surface area contributed by atoms with Gasteiger partial charge in [-0.2, -0.15) is 0 Å². The summed E-state index contributed by atoms with van der Waals surface area (Å²) >= 11 is 22.6. The Morgan fingerprint density at radius 1 is 0.645 bits per heavy atom. The molecule has 0 atom stereocenters. The first-order valence-corrected chi connectivity index (χ1v) is 16.3. The summed E-state index contributed by atoms with van der Waals surface area (Å²) in [6.45, 7) is 3.68. The monoisotopic (exact) mass is 614 g/mol. The Balaban J connectivity index is 0.000000196. The number of halogens is 6. The van der Waals surface area contributed by atoms with Crippen LogP contribution in [0.15, 0.2) is 36.4 Å². The van der Waals surface area contributed by atoms with Crippen molar-refractivity contribution in [2.45, 2.75) is 13.8 Å². The van der Waals surface area contributed by atoms with Crippen molar-refractivity contribution >= 4 is 85.2 Å². The molecular weight excluding hydrogens is 604 g/mol. The van der Waals surface area contributed by atoms with E-state index in [1.54, 1.807) is 0 Å². The minimum atomic E-state index is -0.826. The molecule has 0 spiro atoms. The molecule has 0 aliphatic carbocycles. The van der Waals surface area contributed by atoms with Gasteiger partial charge in [0.05, 0.1) is 20.1 Å². The van der Waals surface area contributed by atoms with Gasteiger partial charge in [0.1, 0.15) is 11.0 Å². The summed E-state index contributed by atoms with van der Waals surface area (Å²) in [7, 11) is 9.87. The molecule has 162 valence electrons. The molecule has 4 aromatic rings. The van der Waals surface area contributed by atoms with Crippen molar-refractivity contribution in [1.29, 1.82) is 0 Å². The second-order valence-corrected chi connectivity index (χ2v) is 11.5. The van der Waals surface area contributed by atoms with Crippen LogP contribution in [-0.2, 0) is 20.8 Å². The van der Waals surface area contributed by atoms with Gasteiger partial charge in [0, 0.05) is 22.2 Å². The number of pyridine rings is 2. The Labute approximate surface area is 217 Å². The average Bonchev–Trinajstić information content (AvgIpc) is 2.71. The third kappa shape index (κ3) is 6.74. The van der Waals surface area contributed by atoms with E-state index >= 15 is 0 Å². The van der Waals surface area contributed by atoms with Crippen molar-refractivity contribution in [3.8, 4) is 11.5 Å². The molecule has 2 heterocycles. The predicted octanol–water partition coefficient (Wildman–Crippen LogP) is 8.49. The van der Waals surface area contributed by atoms with Crippen LogP contribution >= 0.6 is 63.4 Å². The van der Waals surface area contributed by atoms with E-state index in [1.807, 2.05) is 38.1 Å². The number of phenols is 2. The van der Waals surface area contributed by atoms with Crippen LogP contribution in [0.4, 0.5) is 0 Å². The molecule has 0 amide bonds. The first-order chi connectivity index (χ1) is 14.6. The van der Waals surface area contributed by atoms with E-state index in [1.165, 1.54) is 12.1 Å². The quantitative estimate of drug-likeness (QED) is 0.208. The normalized spacial score (nSPS) is 10.2. The molecule has 2 aromatic heterocycles. The summed E-state index contributed by atoms with van der Waals surface area (Å²) in [5.74, 6) is -0.0375. The van der Waals surface area contributed by atoms with E-state index < -0.39 is 20.8 Å². The number of aryl methyl sites for hydroxylation is 2. The molecule has 11 heteroatoms. The number of fused-ring (bicyclic) bond motifs is 2. The van der Waals surface area contributed by atoms with Gasteiger partial charge in [0.15, 0.2) is 11.5 Å². The van der Waals surface area contributed by atoms with E-state index in [4.69, 9.17) is 63.4 Å². The average molecular weight is 618 g/mol. The van der Waals surface area contributed by atoms with Crippen LogP contribution < -0.4 is 0 Å². The number of nitrogens with zero attached hydrogens (tertiary/aromatic N) is 2. The molecule has 2 N–H and O–H groups in total. The van der Waals surface area contributed by atoms with Crippen molar-refractivity contribution in [2.24, 2.45) is 0 Å². The molecule has 0 bridgehead atoms. The molecule has 4 rings (SSSR count). The van der Waals surface area contributed by atoms with Crippen LogP contribution in [0.25, 0.3) is 21.8 Å². The Hall–Kier alpha value is -0.517. The number of hydrogen-bond donors (Lipinski definition) is 2. The van der Waals surface area contributed by atoms with Crippen LogP contribution in [0.3, 0.4) is 0 Å². The number of benzene rings is 2. The van der Waals surface area contributed by atoms with Gasteiger partial charge in [-0.25, -0.2) is 9.97 Å². The number of rotatable bonds is 0. The molecule has 31 heavy (non-hydrogen) atoms. The maximum atomic E-state index is 9.65. The molecule has 0 saturated heterocycles. The van der Waals surface area contributed by atoms with Crippen LogP contribution in [0, 0.1) is 13.8 Å². The van der Waals surface area contributed by atoms with E-state index in [0.717, 1.165) is 11.4 Å². The van der Waals surface area contributed by atoms with Crippen molar-refractivity contribution in [3.05, 3.63) is 67.9 Å². The number of phenolic OH excluding ortho intramolecular Hbond substituents is 2. The topological polar surface area (TPSA) is 66.2 Å². The number of aromatic nitrogens is 2. The number of aromatic hydroxyl groups is 2. The fourth-order valence-corrected chi connectivity index (χ4v) is 3.63. The van der Waals surface area contributed by atoms with Crippen LogP contribution in [0.1, 0.15) is 11.4 Å². The maximum absolute atomic E-state index is 9.65. The summed E-state index contributed by atoms with van der Waals surface area (Å²) < 4.78 is 0. The van der Waals surface area contributed by atoms with Gasteiger partial charge >= 0.3 is 37.9 Å². The first kappa shape index (κ1) is 26.7. The Kier molecular flexibility index (Phi) is 10.4. The van der Waals surface area contributed by atoms with E-state index in [9.17, 15) is 10.2 Å². The molecule has 0 aliphatic heterocycles. The number of hydrogen-bond acceptors (Lipinski definition) is 4. The summed E-state index contributed by atoms with van der Waals surface area (Å²) in [5.41, 5.74) is 2.52. The SMILES string of the molecule is Cc1ccc2c(Cl)cc(Cl)c(O)c2n1.Cc1ccc2c(Cl)cc(Cl)c(O)c2n1.[Cl][Zr][Cl]. The Morgan fingerprint density at radius 2 is 0.968 bits per heavy atom. The zero-order chi connectivity index (χ0) is 23.3. The fraction of sp³-hybridized carbons (Fsp3) is 0.100. The molecule has 2 aromatic carbocycles. The van der Waals surface area contributed by atoms with Gasteiger partial charge in [-0.15, -0.1) is 0 Å². The summed E-state index contributed by atoms with van der Waals surface area (Å²) in [5, 5.41) is 22.2. The van der Waals surface area contributed by atoms with Gasteiger partial charge in [0.2, 0.25) is 0 Å². The molecule has 0 aliphatic rings. The van der Waals surface area contributed by atoms with Gasteiger partial charge in [-0.1, -0.05) is 46.4 Å². The summed E-state index contributed by atoms with van der Waals surface area (Å²) in [6.07, 6.45) is 0. The Morgan fingerprint density at radius 3 is 1.29 bits per heavy atom. The first-order valence-electron chi connectivity index (χ1n) is 8.45. The summed E-state index contributed by atoms with van der Waals surface area (Å²) in [6, 6.07) is 10.3. The van der Waals surface area contributed by atoms with Crippen molar-refractivity contribution < 1.29 is 31.1 Å². The standard InChI is InChI=1S/2C10H7Cl2NO.2ClH.Zr/c2*1-5-2-3-6-7(11)4-8(12)10(14)9(6)13-5;;;/h2*2-4,14H,1H3;2*1H;/q;;;;+2/p-2. The van der Waals surface area contributed by atoms with E-state index in [0.29, 0.717) is 31.9 Å². The minimum absolute atomic E-state index is 0.0187. The summed E-state index contributed by atoms with van der Waals surface area (Å²) in [4.78, 5) is 8.36. The predicted molar refractivity (Wildman–Crippen MR) is 128 cm³/mol. The van der Waals surface area contributed by atoms with Crippen LogP contribution in [-0.4, -0.2) is 20.2 Å². The second-order valence-electron chi connectivity index (χ2n) is 6.15. The van der Waals surface area contributed by atoms with Crippen LogP contribution in [0.5, 0.6) is 11.5 Å². The fourth-order valence-electron chi connectivity index (χ4n) is 2.60. The molecule has 0 saturated carbocycles. The van der Waals surface area contributed by atoms with Gasteiger partial charge in [-0.3, -0.25) is 0 Å². The third-order valence-corrected chi connectivity index (χ3v) is 5.19. The van der Waals surface area contributed by atoms with Gasteiger partial charge < -0.3 is 10.2 Å². The Bertz CT molecular complexity index is 1140. The van der Waals surface area contributed by atoms with Crippen LogP contribution in [0.2, 0.25) is 20.1 Å². The molecule has 0 fully saturated rings. The molecule has 0 unspecified atom stereocenters. The van der Waals surface area contributed by atoms with Gasteiger partial charge in [0.25, 0.3) is 0 Å². The van der Waals surface area contributed by atoms with E-state index in [-0.39, 0.29) is 21.5 Å². The van der Waals surface area contributed by atoms with E-state index in [2.05, 4.69) is 9.97 Å². The van der Waals surface area contributed by atoms with Crippen molar-refractivity contribution in [1.82, 2.24) is 9.97 Å².